The Morgan fingerprint density at radius 3 is 1.00 bits per heavy atom. The van der Waals surface area contributed by atoms with Gasteiger partial charge in [0.1, 0.15) is 0 Å². The summed E-state index contributed by atoms with van der Waals surface area (Å²) >= 11 is 0. The Morgan fingerprint density at radius 2 is 1.00 bits per heavy atom. The SMILES string of the molecule is [B]B([B])C([B])([B])B([B])[B]. The monoisotopic (exact) mass is 100 g/mol. The molecule has 8 heteroatoms. The van der Waals surface area contributed by atoms with Crippen LogP contribution in [0.15, 0.2) is 0 Å². The fraction of sp³-hybridized carbons (Fsp3) is 1.00. The number of hydrogen-bond acceptors (Lipinski definition) is 0. The minimum atomic E-state index is -1.39. The summed E-state index contributed by atoms with van der Waals surface area (Å²) in [6.07, 6.45) is 0. The van der Waals surface area contributed by atoms with Gasteiger partial charge in [0.05, 0.1) is 0 Å². The molecule has 0 fully saturated rings. The van der Waals surface area contributed by atoms with Crippen molar-refractivity contribution in [3.8, 4) is 0 Å². The Hall–Kier alpha value is 0.519. The van der Waals surface area contributed by atoms with Gasteiger partial charge in [-0.3, -0.25) is 0 Å². The van der Waals surface area contributed by atoms with E-state index in [1.165, 1.54) is 0 Å². The lowest BCUT2D eigenvalue weighted by molar-refractivity contribution is 1.65. The van der Waals surface area contributed by atoms with E-state index < -0.39 is 18.0 Å². The van der Waals surface area contributed by atoms with Gasteiger partial charge in [0.25, 0.3) is 0 Å². The zero-order valence-electron chi connectivity index (χ0n) is 5.12. The van der Waals surface area contributed by atoms with Crippen LogP contribution in [0.4, 0.5) is 0 Å². The van der Waals surface area contributed by atoms with Crippen LogP contribution in [-0.2, 0) is 0 Å². The molecule has 0 aliphatic heterocycles. The first-order valence-corrected chi connectivity index (χ1v) is 2.49. The molecule has 0 saturated carbocycles. The highest BCUT2D eigenvalue weighted by Gasteiger charge is 2.25. The quantitative estimate of drug-likeness (QED) is 0.327. The van der Waals surface area contributed by atoms with Crippen molar-refractivity contribution in [2.75, 3.05) is 0 Å². The minimum Gasteiger partial charge on any atom is -0.166 e. The van der Waals surface area contributed by atoms with Crippen LogP contribution in [-0.4, -0.2) is 59.6 Å². The van der Waals surface area contributed by atoms with Crippen molar-refractivity contribution in [1.82, 2.24) is 0 Å². The highest BCUT2D eigenvalue weighted by molar-refractivity contribution is 7.48. The summed E-state index contributed by atoms with van der Waals surface area (Å²) in [7, 11) is 31.1. The van der Waals surface area contributed by atoms with Gasteiger partial charge in [-0.25, -0.2) is 0 Å². The first-order chi connectivity index (χ1) is 3.89. The molecule has 0 aromatic carbocycles. The van der Waals surface area contributed by atoms with Crippen LogP contribution in [0.3, 0.4) is 0 Å². The van der Waals surface area contributed by atoms with E-state index in [9.17, 15) is 0 Å². The van der Waals surface area contributed by atoms with Crippen LogP contribution in [0.25, 0.3) is 0 Å². The van der Waals surface area contributed by atoms with Crippen molar-refractivity contribution in [3.63, 3.8) is 0 Å². The molecule has 0 bridgehead atoms. The van der Waals surface area contributed by atoms with E-state index in [2.05, 4.69) is 0 Å². The van der Waals surface area contributed by atoms with Crippen molar-refractivity contribution in [3.05, 3.63) is 0 Å². The van der Waals surface area contributed by atoms with Crippen LogP contribution >= 0.6 is 0 Å². The van der Waals surface area contributed by atoms with Gasteiger partial charge in [0, 0.05) is 59.6 Å². The number of rotatable bonds is 2. The van der Waals surface area contributed by atoms with Crippen LogP contribution < -0.4 is 0 Å². The molecule has 0 rings (SSSR count). The summed E-state index contributed by atoms with van der Waals surface area (Å²) in [5, 5.41) is -1.39. The first kappa shape index (κ1) is 9.52. The molecule has 0 unspecified atom stereocenters. The Balaban J connectivity index is 4.01. The van der Waals surface area contributed by atoms with E-state index in [4.69, 9.17) is 46.6 Å². The van der Waals surface area contributed by atoms with E-state index in [1.807, 2.05) is 0 Å². The normalized spacial score (nSPS) is 10.7. The van der Waals surface area contributed by atoms with Gasteiger partial charge in [-0.1, -0.05) is 0 Å². The molecule has 0 aliphatic carbocycles. The first-order valence-electron chi connectivity index (χ1n) is 2.49. The van der Waals surface area contributed by atoms with E-state index in [-0.39, 0.29) is 0 Å². The second-order valence-corrected chi connectivity index (χ2v) is 2.05. The highest BCUT2D eigenvalue weighted by Crippen LogP contribution is 2.16. The van der Waals surface area contributed by atoms with Crippen molar-refractivity contribution in [2.24, 2.45) is 0 Å². The molecule has 0 aromatic heterocycles. The Bertz CT molecular complexity index is 72.6. The average molecular weight is 98.5 g/mol. The summed E-state index contributed by atoms with van der Waals surface area (Å²) < 4.78 is 0. The van der Waals surface area contributed by atoms with Crippen LogP contribution in [0.1, 0.15) is 0 Å². The van der Waals surface area contributed by atoms with Gasteiger partial charge in [-0.2, -0.15) is 5.01 Å². The van der Waals surface area contributed by atoms with Crippen molar-refractivity contribution < 1.29 is 0 Å². The fourth-order valence-electron chi connectivity index (χ4n) is 0.222. The van der Waals surface area contributed by atoms with Gasteiger partial charge >= 0.3 is 0 Å². The highest BCUT2D eigenvalue weighted by atomic mass is 13.7. The van der Waals surface area contributed by atoms with Crippen LogP contribution in [0.2, 0.25) is 5.01 Å². The lowest BCUT2D eigenvalue weighted by Gasteiger charge is -2.33. The summed E-state index contributed by atoms with van der Waals surface area (Å²) in [6.45, 7) is -1.81. The molecule has 0 spiro atoms. The van der Waals surface area contributed by atoms with E-state index in [1.54, 1.807) is 0 Å². The zero-order chi connectivity index (χ0) is 7.65. The van der Waals surface area contributed by atoms with E-state index >= 15 is 0 Å². The van der Waals surface area contributed by atoms with E-state index in [0.717, 1.165) is 0 Å². The lowest BCUT2D eigenvalue weighted by atomic mass is 8.86. The van der Waals surface area contributed by atoms with Gasteiger partial charge < -0.3 is 0 Å². The molecular formula is CB8. The largest absolute Gasteiger partial charge is 0.166 e. The second-order valence-electron chi connectivity index (χ2n) is 2.05. The van der Waals surface area contributed by atoms with Gasteiger partial charge in [0.2, 0.25) is 0 Å². The summed E-state index contributed by atoms with van der Waals surface area (Å²) in [5.41, 5.74) is 0. The maximum Gasteiger partial charge on any atom is 0.0409 e. The predicted molar refractivity (Wildman–Crippen MR) is 48.7 cm³/mol. The van der Waals surface area contributed by atoms with Gasteiger partial charge in [0.15, 0.2) is 0 Å². The van der Waals surface area contributed by atoms with Crippen LogP contribution in [0.5, 0.6) is 0 Å². The smallest absolute Gasteiger partial charge is 0.0409 e. The lowest BCUT2D eigenvalue weighted by Crippen LogP contribution is -2.48. The maximum absolute atomic E-state index is 5.28. The summed E-state index contributed by atoms with van der Waals surface area (Å²) in [4.78, 5) is 0. The Kier molecular flexibility index (Phi) is 3.25. The molecule has 0 heterocycles. The molecule has 9 heavy (non-hydrogen) atoms. The minimum absolute atomic E-state index is 0.905. The van der Waals surface area contributed by atoms with Crippen molar-refractivity contribution >= 4 is 59.6 Å². The molecule has 0 saturated heterocycles. The number of hydrogen-bond donors (Lipinski definition) is 0. The van der Waals surface area contributed by atoms with E-state index in [0.29, 0.717) is 0 Å². The molecule has 0 aliphatic rings. The third-order valence-electron chi connectivity index (χ3n) is 1.15. The molecule has 0 amide bonds. The molecule has 0 N–H and O–H groups in total. The molecular weight excluding hydrogens is 98.5 g/mol. The molecule has 0 nitrogen and oxygen atoms in total. The van der Waals surface area contributed by atoms with Gasteiger partial charge in [-0.15, -0.1) is 0 Å². The average Bonchev–Trinajstić information content (AvgIpc) is 1.65. The van der Waals surface area contributed by atoms with Crippen molar-refractivity contribution in [1.29, 1.82) is 0 Å². The third kappa shape index (κ3) is 2.31. The van der Waals surface area contributed by atoms with Gasteiger partial charge in [-0.05, 0) is 0 Å². The summed E-state index contributed by atoms with van der Waals surface area (Å²) in [6, 6.07) is 0. The topological polar surface area (TPSA) is 0 Å². The zero-order valence-corrected chi connectivity index (χ0v) is 5.12. The van der Waals surface area contributed by atoms with Crippen LogP contribution in [0, 0.1) is 0 Å². The third-order valence-corrected chi connectivity index (χ3v) is 1.15. The molecule has 0 aromatic rings. The predicted octanol–water partition coefficient (Wildman–Crippen LogP) is -2.83. The maximum atomic E-state index is 5.28. The Morgan fingerprint density at radius 1 is 0.778 bits per heavy atom. The Labute approximate surface area is 65.2 Å². The molecule has 12 radical (unpaired) electrons. The molecule has 28 valence electrons. The second kappa shape index (κ2) is 3.07. The van der Waals surface area contributed by atoms with Crippen molar-refractivity contribution in [2.45, 2.75) is 5.01 Å². The fourth-order valence-corrected chi connectivity index (χ4v) is 0.222. The molecule has 0 atom stereocenters. The standard InChI is InChI=1S/CB8/c2-1(3,8(4)5)9(6)7. The summed E-state index contributed by atoms with van der Waals surface area (Å²) in [5.74, 6) is 0.